The predicted molar refractivity (Wildman–Crippen MR) is 104 cm³/mol. The smallest absolute Gasteiger partial charge is 0.371 e. The molecule has 3 rings (SSSR count). The number of hydrogen-bond donors (Lipinski definition) is 2. The summed E-state index contributed by atoms with van der Waals surface area (Å²) < 4.78 is 16.3. The zero-order chi connectivity index (χ0) is 21.1. The fraction of sp³-hybridized carbons (Fsp3) is 0.286. The van der Waals surface area contributed by atoms with Crippen molar-refractivity contribution in [3.05, 3.63) is 63.9 Å². The van der Waals surface area contributed by atoms with Crippen molar-refractivity contribution in [2.75, 3.05) is 0 Å². The van der Waals surface area contributed by atoms with Crippen LogP contribution < -0.4 is 15.7 Å². The Labute approximate surface area is 166 Å². The van der Waals surface area contributed by atoms with E-state index in [1.165, 1.54) is 24.3 Å². The Morgan fingerprint density at radius 2 is 1.90 bits per heavy atom. The van der Waals surface area contributed by atoms with Crippen LogP contribution in [0.15, 0.2) is 50.0 Å². The second-order valence-electron chi connectivity index (χ2n) is 6.70. The standard InChI is InChI=1S/C21H21NO7/c1-4-11(2)22-19(23)15-9-13-5-6-14(10-18(13)29-21(15)26)27-12(3)16-7-8-17(28-16)20(24)25/h5-12H,4H2,1-3H3,(H,22,23)(H,24,25). The van der Waals surface area contributed by atoms with Crippen molar-refractivity contribution >= 4 is 22.8 Å². The molecule has 0 spiro atoms. The van der Waals surface area contributed by atoms with Gasteiger partial charge in [0, 0.05) is 17.5 Å². The zero-order valence-corrected chi connectivity index (χ0v) is 16.2. The van der Waals surface area contributed by atoms with Gasteiger partial charge in [-0.1, -0.05) is 6.92 Å². The van der Waals surface area contributed by atoms with Gasteiger partial charge in [-0.2, -0.15) is 0 Å². The first-order valence-electron chi connectivity index (χ1n) is 9.17. The molecule has 2 aromatic heterocycles. The van der Waals surface area contributed by atoms with Crippen LogP contribution in [0.3, 0.4) is 0 Å². The van der Waals surface area contributed by atoms with E-state index >= 15 is 0 Å². The number of furan rings is 1. The molecule has 29 heavy (non-hydrogen) atoms. The maximum Gasteiger partial charge on any atom is 0.371 e. The van der Waals surface area contributed by atoms with Crippen molar-refractivity contribution in [3.63, 3.8) is 0 Å². The molecule has 8 heteroatoms. The first-order chi connectivity index (χ1) is 13.8. The monoisotopic (exact) mass is 399 g/mol. The minimum absolute atomic E-state index is 0.0573. The van der Waals surface area contributed by atoms with Gasteiger partial charge in [0.05, 0.1) is 0 Å². The minimum Gasteiger partial charge on any atom is -0.483 e. The van der Waals surface area contributed by atoms with E-state index in [1.54, 1.807) is 19.1 Å². The van der Waals surface area contributed by atoms with Crippen molar-refractivity contribution < 1.29 is 28.3 Å². The number of fused-ring (bicyclic) bond motifs is 1. The molecule has 0 fully saturated rings. The fourth-order valence-electron chi connectivity index (χ4n) is 2.68. The lowest BCUT2D eigenvalue weighted by molar-refractivity contribution is 0.0655. The SMILES string of the molecule is CCC(C)NC(=O)c1cc2ccc(OC(C)c3ccc(C(=O)O)o3)cc2oc1=O. The molecule has 2 atom stereocenters. The molecule has 1 amide bonds. The van der Waals surface area contributed by atoms with E-state index in [-0.39, 0.29) is 22.9 Å². The van der Waals surface area contributed by atoms with Crippen LogP contribution in [0.1, 0.15) is 60.0 Å². The molecule has 0 saturated carbocycles. The van der Waals surface area contributed by atoms with Crippen LogP contribution in [0.25, 0.3) is 11.0 Å². The van der Waals surface area contributed by atoms with Gasteiger partial charge in [-0.05, 0) is 50.6 Å². The summed E-state index contributed by atoms with van der Waals surface area (Å²) in [6, 6.07) is 9.17. The van der Waals surface area contributed by atoms with Crippen molar-refractivity contribution in [3.8, 4) is 5.75 Å². The van der Waals surface area contributed by atoms with Crippen LogP contribution >= 0.6 is 0 Å². The van der Waals surface area contributed by atoms with Crippen LogP contribution in [0, 0.1) is 0 Å². The summed E-state index contributed by atoms with van der Waals surface area (Å²) in [6.07, 6.45) is 0.181. The van der Waals surface area contributed by atoms with E-state index in [0.717, 1.165) is 6.42 Å². The highest BCUT2D eigenvalue weighted by Gasteiger charge is 2.18. The Morgan fingerprint density at radius 1 is 1.14 bits per heavy atom. The fourth-order valence-corrected chi connectivity index (χ4v) is 2.68. The summed E-state index contributed by atoms with van der Waals surface area (Å²) in [7, 11) is 0. The van der Waals surface area contributed by atoms with Gasteiger partial charge in [0.2, 0.25) is 5.76 Å². The molecule has 2 unspecified atom stereocenters. The van der Waals surface area contributed by atoms with Crippen LogP contribution in [0.4, 0.5) is 0 Å². The average Bonchev–Trinajstić information content (AvgIpc) is 3.18. The lowest BCUT2D eigenvalue weighted by Crippen LogP contribution is -2.34. The van der Waals surface area contributed by atoms with Gasteiger partial charge >= 0.3 is 11.6 Å². The predicted octanol–water partition coefficient (Wildman–Crippen LogP) is 3.75. The molecule has 0 saturated heterocycles. The third kappa shape index (κ3) is 4.48. The number of rotatable bonds is 7. The molecule has 0 radical (unpaired) electrons. The average molecular weight is 399 g/mol. The normalized spacial score (nSPS) is 13.1. The maximum atomic E-state index is 12.2. The number of carbonyl (C=O) groups excluding carboxylic acids is 1. The van der Waals surface area contributed by atoms with E-state index in [4.69, 9.17) is 18.7 Å². The Morgan fingerprint density at radius 3 is 2.55 bits per heavy atom. The summed E-state index contributed by atoms with van der Waals surface area (Å²) in [5.41, 5.74) is -0.525. The first kappa shape index (κ1) is 20.2. The zero-order valence-electron chi connectivity index (χ0n) is 16.2. The molecular formula is C21H21NO7. The third-order valence-electron chi connectivity index (χ3n) is 4.49. The maximum absolute atomic E-state index is 12.2. The molecule has 3 aromatic rings. The van der Waals surface area contributed by atoms with Gasteiger partial charge < -0.3 is 24.0 Å². The van der Waals surface area contributed by atoms with Crippen LogP contribution in [-0.4, -0.2) is 23.0 Å². The Kier molecular flexibility index (Phi) is 5.72. The number of hydrogen-bond acceptors (Lipinski definition) is 6. The molecule has 0 aliphatic heterocycles. The third-order valence-corrected chi connectivity index (χ3v) is 4.49. The Balaban J connectivity index is 1.82. The van der Waals surface area contributed by atoms with Gasteiger partial charge in [-0.15, -0.1) is 0 Å². The highest BCUT2D eigenvalue weighted by molar-refractivity contribution is 5.96. The molecule has 2 N–H and O–H groups in total. The number of carboxylic acid groups (broad SMARTS) is 1. The second-order valence-corrected chi connectivity index (χ2v) is 6.70. The summed E-state index contributed by atoms with van der Waals surface area (Å²) in [5, 5.41) is 12.2. The lowest BCUT2D eigenvalue weighted by atomic mass is 10.1. The van der Waals surface area contributed by atoms with Gasteiger partial charge in [-0.3, -0.25) is 4.79 Å². The Bertz CT molecular complexity index is 1110. The number of ether oxygens (including phenoxy) is 1. The number of carboxylic acids is 1. The molecule has 0 aliphatic carbocycles. The van der Waals surface area contributed by atoms with Crippen LogP contribution in [-0.2, 0) is 0 Å². The van der Waals surface area contributed by atoms with Crippen LogP contribution in [0.2, 0.25) is 0 Å². The summed E-state index contributed by atoms with van der Waals surface area (Å²) in [6.45, 7) is 5.48. The van der Waals surface area contributed by atoms with E-state index in [9.17, 15) is 14.4 Å². The number of aromatic carboxylic acids is 1. The Hall–Kier alpha value is -3.55. The number of carbonyl (C=O) groups is 2. The van der Waals surface area contributed by atoms with E-state index in [1.807, 2.05) is 13.8 Å². The largest absolute Gasteiger partial charge is 0.483 e. The topological polar surface area (TPSA) is 119 Å². The lowest BCUT2D eigenvalue weighted by Gasteiger charge is -2.13. The van der Waals surface area contributed by atoms with Gasteiger partial charge in [0.15, 0.2) is 6.10 Å². The molecule has 0 bridgehead atoms. The molecule has 0 aliphatic rings. The van der Waals surface area contributed by atoms with E-state index < -0.39 is 23.6 Å². The molecular weight excluding hydrogens is 378 g/mol. The molecule has 8 nitrogen and oxygen atoms in total. The van der Waals surface area contributed by atoms with Gasteiger partial charge in [0.1, 0.15) is 22.7 Å². The first-order valence-corrected chi connectivity index (χ1v) is 9.17. The van der Waals surface area contributed by atoms with Crippen molar-refractivity contribution in [1.29, 1.82) is 0 Å². The minimum atomic E-state index is -1.16. The summed E-state index contributed by atoms with van der Waals surface area (Å²) in [5.74, 6) is -1.07. The number of amides is 1. The second kappa shape index (κ2) is 8.22. The summed E-state index contributed by atoms with van der Waals surface area (Å²) in [4.78, 5) is 35.4. The van der Waals surface area contributed by atoms with E-state index in [0.29, 0.717) is 16.9 Å². The van der Waals surface area contributed by atoms with Crippen molar-refractivity contribution in [2.24, 2.45) is 0 Å². The molecule has 1 aromatic carbocycles. The highest BCUT2D eigenvalue weighted by atomic mass is 16.5. The quantitative estimate of drug-likeness (QED) is 0.581. The highest BCUT2D eigenvalue weighted by Crippen LogP contribution is 2.26. The summed E-state index contributed by atoms with van der Waals surface area (Å²) >= 11 is 0. The number of benzene rings is 1. The molecule has 152 valence electrons. The van der Waals surface area contributed by atoms with Crippen molar-refractivity contribution in [2.45, 2.75) is 39.3 Å². The van der Waals surface area contributed by atoms with Gasteiger partial charge in [0.25, 0.3) is 5.91 Å². The number of nitrogens with one attached hydrogen (secondary N) is 1. The van der Waals surface area contributed by atoms with Gasteiger partial charge in [-0.25, -0.2) is 9.59 Å². The molecule has 2 heterocycles. The van der Waals surface area contributed by atoms with Crippen LogP contribution in [0.5, 0.6) is 5.75 Å². The van der Waals surface area contributed by atoms with Crippen molar-refractivity contribution in [1.82, 2.24) is 5.32 Å². The van der Waals surface area contributed by atoms with E-state index in [2.05, 4.69) is 5.32 Å².